The molecule has 2 aromatic heterocycles. The molecule has 0 aliphatic carbocycles. The Balaban J connectivity index is 2.01. The first-order valence-electron chi connectivity index (χ1n) is 5.11. The van der Waals surface area contributed by atoms with Crippen LogP contribution in [0.3, 0.4) is 0 Å². The Bertz CT molecular complexity index is 554. The highest BCUT2D eigenvalue weighted by atomic mass is 16.5. The van der Waals surface area contributed by atoms with Crippen LogP contribution in [0.15, 0.2) is 17.1 Å². The molecule has 0 atom stereocenters. The van der Waals surface area contributed by atoms with Gasteiger partial charge in [-0.3, -0.25) is 0 Å². The van der Waals surface area contributed by atoms with E-state index in [2.05, 4.69) is 20.1 Å². The van der Waals surface area contributed by atoms with E-state index in [0.29, 0.717) is 19.0 Å². The van der Waals surface area contributed by atoms with Crippen LogP contribution in [0.4, 0.5) is 5.82 Å². The number of hydrogen-bond acceptors (Lipinski definition) is 5. The zero-order valence-electron chi connectivity index (χ0n) is 8.59. The highest BCUT2D eigenvalue weighted by Crippen LogP contribution is 2.11. The molecule has 16 heavy (non-hydrogen) atoms. The van der Waals surface area contributed by atoms with Gasteiger partial charge in [0.1, 0.15) is 5.82 Å². The van der Waals surface area contributed by atoms with Crippen LogP contribution in [-0.4, -0.2) is 45.9 Å². The van der Waals surface area contributed by atoms with Gasteiger partial charge in [0, 0.05) is 19.3 Å². The second-order valence-corrected chi connectivity index (χ2v) is 3.58. The second kappa shape index (κ2) is 3.60. The average Bonchev–Trinajstić information content (AvgIpc) is 2.72. The van der Waals surface area contributed by atoms with E-state index in [1.807, 2.05) is 6.07 Å². The number of fused-ring (bicyclic) bond motifs is 1. The summed E-state index contributed by atoms with van der Waals surface area (Å²) in [6, 6.07) is 1.81. The summed E-state index contributed by atoms with van der Waals surface area (Å²) in [5.74, 6) is 1.23. The lowest BCUT2D eigenvalue weighted by molar-refractivity contribution is 0.122. The summed E-state index contributed by atoms with van der Waals surface area (Å²) in [4.78, 5) is 17.7. The highest BCUT2D eigenvalue weighted by molar-refractivity contribution is 5.43. The summed E-state index contributed by atoms with van der Waals surface area (Å²) < 4.78 is 6.65. The van der Waals surface area contributed by atoms with E-state index in [-0.39, 0.29) is 5.69 Å². The number of ether oxygens (including phenoxy) is 1. The third-order valence-corrected chi connectivity index (χ3v) is 2.61. The van der Waals surface area contributed by atoms with Crippen molar-refractivity contribution in [3.8, 4) is 0 Å². The molecule has 0 amide bonds. The Hall–Kier alpha value is -1.89. The molecular weight excluding hydrogens is 210 g/mol. The van der Waals surface area contributed by atoms with Gasteiger partial charge in [0.2, 0.25) is 0 Å². The van der Waals surface area contributed by atoms with Gasteiger partial charge in [-0.2, -0.15) is 4.98 Å². The molecule has 0 aromatic carbocycles. The van der Waals surface area contributed by atoms with Crippen molar-refractivity contribution in [3.05, 3.63) is 22.7 Å². The van der Waals surface area contributed by atoms with E-state index >= 15 is 0 Å². The molecule has 7 nitrogen and oxygen atoms in total. The quantitative estimate of drug-likeness (QED) is 0.686. The van der Waals surface area contributed by atoms with E-state index in [0.717, 1.165) is 18.9 Å². The Morgan fingerprint density at radius 3 is 3.00 bits per heavy atom. The molecular formula is C9H11N5O2. The van der Waals surface area contributed by atoms with Crippen LogP contribution in [0.25, 0.3) is 5.78 Å². The van der Waals surface area contributed by atoms with Gasteiger partial charge in [-0.25, -0.2) is 14.3 Å². The zero-order valence-corrected chi connectivity index (χ0v) is 8.59. The van der Waals surface area contributed by atoms with Crippen LogP contribution in [0.1, 0.15) is 0 Å². The van der Waals surface area contributed by atoms with Crippen molar-refractivity contribution >= 4 is 11.6 Å². The largest absolute Gasteiger partial charge is 0.378 e. The van der Waals surface area contributed by atoms with Crippen molar-refractivity contribution in [1.82, 2.24) is 19.6 Å². The van der Waals surface area contributed by atoms with Crippen LogP contribution in [0.2, 0.25) is 0 Å². The zero-order chi connectivity index (χ0) is 11.0. The van der Waals surface area contributed by atoms with Crippen LogP contribution < -0.4 is 10.6 Å². The fourth-order valence-corrected chi connectivity index (χ4v) is 1.76. The standard InChI is InChI=1S/C9H11N5O2/c15-9-12-11-8-10-7(1-2-14(8)9)13-3-5-16-6-4-13/h1-2H,3-6H2,(H,12,15). The maximum atomic E-state index is 11.2. The molecule has 0 radical (unpaired) electrons. The average molecular weight is 221 g/mol. The number of aromatic amines is 1. The summed E-state index contributed by atoms with van der Waals surface area (Å²) in [6.45, 7) is 3.05. The lowest BCUT2D eigenvalue weighted by atomic mass is 10.4. The minimum Gasteiger partial charge on any atom is -0.378 e. The maximum absolute atomic E-state index is 11.2. The molecule has 1 aliphatic heterocycles. The Morgan fingerprint density at radius 2 is 2.19 bits per heavy atom. The molecule has 0 unspecified atom stereocenters. The van der Waals surface area contributed by atoms with E-state index in [9.17, 15) is 4.79 Å². The van der Waals surface area contributed by atoms with Gasteiger partial charge in [0.15, 0.2) is 0 Å². The molecule has 1 fully saturated rings. The van der Waals surface area contributed by atoms with Crippen molar-refractivity contribution < 1.29 is 4.74 Å². The van der Waals surface area contributed by atoms with Crippen molar-refractivity contribution in [2.75, 3.05) is 31.2 Å². The van der Waals surface area contributed by atoms with Gasteiger partial charge in [-0.05, 0) is 6.07 Å². The topological polar surface area (TPSA) is 75.5 Å². The van der Waals surface area contributed by atoms with E-state index < -0.39 is 0 Å². The summed E-state index contributed by atoms with van der Waals surface area (Å²) >= 11 is 0. The van der Waals surface area contributed by atoms with Crippen LogP contribution in [0.5, 0.6) is 0 Å². The number of aromatic nitrogens is 4. The van der Waals surface area contributed by atoms with Crippen molar-refractivity contribution in [3.63, 3.8) is 0 Å². The monoisotopic (exact) mass is 221 g/mol. The summed E-state index contributed by atoms with van der Waals surface area (Å²) in [5.41, 5.74) is -0.268. The first-order valence-corrected chi connectivity index (χ1v) is 5.11. The SMILES string of the molecule is O=c1[nH]nc2nc(N3CCOCC3)ccn12. The summed E-state index contributed by atoms with van der Waals surface area (Å²) in [5, 5.41) is 6.19. The lowest BCUT2D eigenvalue weighted by Crippen LogP contribution is -2.36. The smallest absolute Gasteiger partial charge is 0.348 e. The normalized spacial score (nSPS) is 16.9. The van der Waals surface area contributed by atoms with Gasteiger partial charge in [0.25, 0.3) is 5.78 Å². The molecule has 7 heteroatoms. The van der Waals surface area contributed by atoms with Crippen LogP contribution in [-0.2, 0) is 4.74 Å². The molecule has 1 saturated heterocycles. The number of H-pyrrole nitrogens is 1. The van der Waals surface area contributed by atoms with Gasteiger partial charge < -0.3 is 9.64 Å². The maximum Gasteiger partial charge on any atom is 0.348 e. The van der Waals surface area contributed by atoms with Crippen LogP contribution in [0, 0.1) is 0 Å². The Kier molecular flexibility index (Phi) is 2.10. The minimum atomic E-state index is -0.268. The number of rotatable bonds is 1. The minimum absolute atomic E-state index is 0.268. The van der Waals surface area contributed by atoms with Gasteiger partial charge in [-0.1, -0.05) is 0 Å². The molecule has 0 spiro atoms. The van der Waals surface area contributed by atoms with E-state index in [1.165, 1.54) is 4.40 Å². The summed E-state index contributed by atoms with van der Waals surface area (Å²) in [7, 11) is 0. The second-order valence-electron chi connectivity index (χ2n) is 3.58. The fourth-order valence-electron chi connectivity index (χ4n) is 1.76. The molecule has 3 rings (SSSR count). The number of anilines is 1. The molecule has 1 N–H and O–H groups in total. The number of nitrogens with zero attached hydrogens (tertiary/aromatic N) is 4. The Morgan fingerprint density at radius 1 is 1.38 bits per heavy atom. The first kappa shape index (κ1) is 9.34. The highest BCUT2D eigenvalue weighted by Gasteiger charge is 2.13. The van der Waals surface area contributed by atoms with E-state index in [4.69, 9.17) is 4.74 Å². The summed E-state index contributed by atoms with van der Waals surface area (Å²) in [6.07, 6.45) is 1.68. The number of morpholine rings is 1. The molecule has 0 saturated carbocycles. The predicted octanol–water partition coefficient (Wildman–Crippen LogP) is -0.746. The number of hydrogen-bond donors (Lipinski definition) is 1. The predicted molar refractivity (Wildman–Crippen MR) is 56.6 cm³/mol. The third-order valence-electron chi connectivity index (χ3n) is 2.61. The first-order chi connectivity index (χ1) is 7.84. The molecule has 0 bridgehead atoms. The van der Waals surface area contributed by atoms with Crippen molar-refractivity contribution in [2.45, 2.75) is 0 Å². The lowest BCUT2D eigenvalue weighted by Gasteiger charge is -2.27. The van der Waals surface area contributed by atoms with Gasteiger partial charge >= 0.3 is 5.69 Å². The van der Waals surface area contributed by atoms with Gasteiger partial charge in [0.05, 0.1) is 13.2 Å². The van der Waals surface area contributed by atoms with Gasteiger partial charge in [-0.15, -0.1) is 5.10 Å². The van der Waals surface area contributed by atoms with Crippen molar-refractivity contribution in [2.24, 2.45) is 0 Å². The van der Waals surface area contributed by atoms with Crippen LogP contribution >= 0.6 is 0 Å². The van der Waals surface area contributed by atoms with Crippen molar-refractivity contribution in [1.29, 1.82) is 0 Å². The third kappa shape index (κ3) is 1.45. The van der Waals surface area contributed by atoms with E-state index in [1.54, 1.807) is 6.20 Å². The molecule has 3 heterocycles. The molecule has 1 aliphatic rings. The number of nitrogens with one attached hydrogen (secondary N) is 1. The Labute approximate surface area is 90.7 Å². The fraction of sp³-hybridized carbons (Fsp3) is 0.444. The molecule has 2 aromatic rings. The molecule has 84 valence electrons.